The van der Waals surface area contributed by atoms with Crippen LogP contribution in [0, 0.1) is 0 Å². The van der Waals surface area contributed by atoms with Gasteiger partial charge in [-0.2, -0.15) is 10.2 Å². The first-order valence-electron chi connectivity index (χ1n) is 10.7. The number of amides is 1. The standard InChI is InChI=1S/C27H20N4O/c32-27(26-23-14-13-17-7-1-6-12-22(17)25(23)29-30-26)31-28-16-24-20-10-4-2-8-18(20)15-19-9-3-5-11-21(19)24/h1-12,15-16H,13-14H2,(H,29,30)(H,31,32)/b28-16+. The number of aromatic nitrogens is 2. The molecule has 5 heteroatoms. The predicted molar refractivity (Wildman–Crippen MR) is 128 cm³/mol. The summed E-state index contributed by atoms with van der Waals surface area (Å²) in [6.07, 6.45) is 3.41. The number of hydrogen-bond acceptors (Lipinski definition) is 3. The van der Waals surface area contributed by atoms with Crippen molar-refractivity contribution in [1.29, 1.82) is 0 Å². The highest BCUT2D eigenvalue weighted by Gasteiger charge is 2.24. The molecule has 5 aromatic rings. The predicted octanol–water partition coefficient (Wildman–Crippen LogP) is 5.25. The zero-order chi connectivity index (χ0) is 21.5. The third-order valence-electron chi connectivity index (χ3n) is 6.18. The number of nitrogens with one attached hydrogen (secondary N) is 2. The molecule has 0 atom stereocenters. The summed E-state index contributed by atoms with van der Waals surface area (Å²) in [4.78, 5) is 12.9. The topological polar surface area (TPSA) is 70.1 Å². The Bertz CT molecular complexity index is 1480. The van der Waals surface area contributed by atoms with E-state index in [2.05, 4.69) is 63.2 Å². The molecule has 0 aliphatic heterocycles. The van der Waals surface area contributed by atoms with Crippen LogP contribution >= 0.6 is 0 Å². The zero-order valence-electron chi connectivity index (χ0n) is 17.3. The maximum atomic E-state index is 12.9. The number of nitrogens with zero attached hydrogens (tertiary/aromatic N) is 2. The Labute approximate surface area is 184 Å². The number of hydrogen-bond donors (Lipinski definition) is 2. The van der Waals surface area contributed by atoms with Crippen molar-refractivity contribution in [3.63, 3.8) is 0 Å². The first kappa shape index (κ1) is 18.5. The van der Waals surface area contributed by atoms with Gasteiger partial charge in [-0.3, -0.25) is 9.89 Å². The normalized spacial score (nSPS) is 12.8. The van der Waals surface area contributed by atoms with E-state index in [4.69, 9.17) is 0 Å². The number of aromatic amines is 1. The van der Waals surface area contributed by atoms with Gasteiger partial charge in [-0.1, -0.05) is 72.8 Å². The average molecular weight is 416 g/mol. The molecule has 0 saturated heterocycles. The number of H-pyrrole nitrogens is 1. The van der Waals surface area contributed by atoms with Crippen molar-refractivity contribution < 1.29 is 4.79 Å². The highest BCUT2D eigenvalue weighted by atomic mass is 16.2. The number of carbonyl (C=O) groups excluding carboxylic acids is 1. The van der Waals surface area contributed by atoms with E-state index < -0.39 is 0 Å². The molecule has 1 aliphatic carbocycles. The Hall–Kier alpha value is -4.25. The monoisotopic (exact) mass is 416 g/mol. The molecular weight excluding hydrogens is 396 g/mol. The number of carbonyl (C=O) groups is 1. The third kappa shape index (κ3) is 2.98. The lowest BCUT2D eigenvalue weighted by atomic mass is 9.89. The van der Waals surface area contributed by atoms with E-state index in [-0.39, 0.29) is 5.91 Å². The van der Waals surface area contributed by atoms with Crippen molar-refractivity contribution in [2.75, 3.05) is 0 Å². The highest BCUT2D eigenvalue weighted by Crippen LogP contribution is 2.33. The van der Waals surface area contributed by atoms with Gasteiger partial charge in [0.1, 0.15) is 5.69 Å². The van der Waals surface area contributed by atoms with Gasteiger partial charge in [0, 0.05) is 16.7 Å². The number of fused-ring (bicyclic) bond motifs is 5. The fourth-order valence-electron chi connectivity index (χ4n) is 4.65. The molecule has 0 spiro atoms. The first-order chi connectivity index (χ1) is 15.8. The third-order valence-corrected chi connectivity index (χ3v) is 6.18. The van der Waals surface area contributed by atoms with Gasteiger partial charge in [-0.25, -0.2) is 5.43 Å². The molecule has 1 heterocycles. The zero-order valence-corrected chi connectivity index (χ0v) is 17.3. The van der Waals surface area contributed by atoms with Crippen molar-refractivity contribution in [3.05, 3.63) is 101 Å². The lowest BCUT2D eigenvalue weighted by Crippen LogP contribution is -2.20. The summed E-state index contributed by atoms with van der Waals surface area (Å²) in [6.45, 7) is 0. The van der Waals surface area contributed by atoms with Crippen LogP contribution in [0.4, 0.5) is 0 Å². The molecule has 1 aromatic heterocycles. The molecule has 32 heavy (non-hydrogen) atoms. The average Bonchev–Trinajstić information content (AvgIpc) is 3.28. The van der Waals surface area contributed by atoms with Crippen molar-refractivity contribution in [2.45, 2.75) is 12.8 Å². The molecule has 0 saturated carbocycles. The van der Waals surface area contributed by atoms with Crippen LogP contribution in [0.15, 0.2) is 84.0 Å². The van der Waals surface area contributed by atoms with E-state index in [1.807, 2.05) is 36.4 Å². The Morgan fingerprint density at radius 3 is 2.38 bits per heavy atom. The molecule has 1 amide bonds. The Morgan fingerprint density at radius 2 is 1.59 bits per heavy atom. The molecule has 1 aliphatic rings. The first-order valence-corrected chi connectivity index (χ1v) is 10.7. The summed E-state index contributed by atoms with van der Waals surface area (Å²) in [5.41, 5.74) is 8.33. The minimum Gasteiger partial charge on any atom is -0.272 e. The smallest absolute Gasteiger partial charge is 0.272 e. The van der Waals surface area contributed by atoms with Crippen LogP contribution in [-0.2, 0) is 12.8 Å². The Balaban J connectivity index is 1.33. The lowest BCUT2D eigenvalue weighted by molar-refractivity contribution is 0.0949. The van der Waals surface area contributed by atoms with E-state index >= 15 is 0 Å². The second-order valence-electron chi connectivity index (χ2n) is 8.01. The van der Waals surface area contributed by atoms with Gasteiger partial charge in [-0.15, -0.1) is 0 Å². The van der Waals surface area contributed by atoms with E-state index in [1.54, 1.807) is 6.21 Å². The maximum absolute atomic E-state index is 12.9. The van der Waals surface area contributed by atoms with Crippen molar-refractivity contribution in [3.8, 4) is 11.3 Å². The Kier molecular flexibility index (Phi) is 4.32. The molecule has 4 aromatic carbocycles. The summed E-state index contributed by atoms with van der Waals surface area (Å²) >= 11 is 0. The minimum absolute atomic E-state index is 0.279. The fraction of sp³-hybridized carbons (Fsp3) is 0.0741. The van der Waals surface area contributed by atoms with Crippen molar-refractivity contribution >= 4 is 33.7 Å². The van der Waals surface area contributed by atoms with Crippen LogP contribution in [0.3, 0.4) is 0 Å². The summed E-state index contributed by atoms with van der Waals surface area (Å²) in [6, 6.07) is 26.8. The molecule has 0 unspecified atom stereocenters. The van der Waals surface area contributed by atoms with Crippen LogP contribution in [0.25, 0.3) is 32.8 Å². The lowest BCUT2D eigenvalue weighted by Gasteiger charge is -2.15. The number of benzene rings is 4. The molecule has 0 bridgehead atoms. The quantitative estimate of drug-likeness (QED) is 0.240. The molecule has 6 rings (SSSR count). The highest BCUT2D eigenvalue weighted by molar-refractivity contribution is 6.13. The van der Waals surface area contributed by atoms with Crippen LogP contribution < -0.4 is 5.43 Å². The second kappa shape index (κ2) is 7.46. The van der Waals surface area contributed by atoms with E-state index in [0.29, 0.717) is 5.69 Å². The maximum Gasteiger partial charge on any atom is 0.289 e. The SMILES string of the molecule is O=C(N/N=C/c1c2ccccc2cc2ccccc12)c1[nH]nc2c1CCc1ccccc1-2. The summed E-state index contributed by atoms with van der Waals surface area (Å²) in [5.74, 6) is -0.279. The number of aryl methyl sites for hydroxylation is 1. The number of hydrazone groups is 1. The molecule has 2 N–H and O–H groups in total. The van der Waals surface area contributed by atoms with Gasteiger partial charge in [0.2, 0.25) is 0 Å². The van der Waals surface area contributed by atoms with Crippen molar-refractivity contribution in [1.82, 2.24) is 15.6 Å². The van der Waals surface area contributed by atoms with Gasteiger partial charge in [-0.05, 0) is 46.0 Å². The van der Waals surface area contributed by atoms with Crippen molar-refractivity contribution in [2.24, 2.45) is 5.10 Å². The largest absolute Gasteiger partial charge is 0.289 e. The van der Waals surface area contributed by atoms with Gasteiger partial charge in [0.05, 0.1) is 11.9 Å². The molecule has 5 nitrogen and oxygen atoms in total. The van der Waals surface area contributed by atoms with E-state index in [0.717, 1.165) is 56.8 Å². The van der Waals surface area contributed by atoms with Crippen LogP contribution in [-0.4, -0.2) is 22.3 Å². The molecule has 0 fully saturated rings. The van der Waals surface area contributed by atoms with E-state index in [9.17, 15) is 4.79 Å². The fourth-order valence-corrected chi connectivity index (χ4v) is 4.65. The number of rotatable bonds is 3. The summed E-state index contributed by atoms with van der Waals surface area (Å²) < 4.78 is 0. The van der Waals surface area contributed by atoms with Crippen LogP contribution in [0.1, 0.15) is 27.2 Å². The second-order valence-corrected chi connectivity index (χ2v) is 8.01. The van der Waals surface area contributed by atoms with Crippen LogP contribution in [0.2, 0.25) is 0 Å². The Morgan fingerprint density at radius 1 is 0.906 bits per heavy atom. The van der Waals surface area contributed by atoms with Gasteiger partial charge < -0.3 is 0 Å². The summed E-state index contributed by atoms with van der Waals surface area (Å²) in [7, 11) is 0. The van der Waals surface area contributed by atoms with E-state index in [1.165, 1.54) is 5.56 Å². The molecule has 154 valence electrons. The van der Waals surface area contributed by atoms with Gasteiger partial charge >= 0.3 is 0 Å². The van der Waals surface area contributed by atoms with Gasteiger partial charge in [0.15, 0.2) is 0 Å². The minimum atomic E-state index is -0.279. The summed E-state index contributed by atoms with van der Waals surface area (Å²) in [5, 5.41) is 16.1. The molecule has 0 radical (unpaired) electrons. The van der Waals surface area contributed by atoms with Gasteiger partial charge in [0.25, 0.3) is 5.91 Å². The van der Waals surface area contributed by atoms with Crippen LogP contribution in [0.5, 0.6) is 0 Å². The molecular formula is C27H20N4O.